The van der Waals surface area contributed by atoms with E-state index in [4.69, 9.17) is 4.74 Å². The zero-order chi connectivity index (χ0) is 23.6. The maximum absolute atomic E-state index is 13.6. The number of nitrogens with zero attached hydrogens (tertiary/aromatic N) is 2. The van der Waals surface area contributed by atoms with Gasteiger partial charge in [0, 0.05) is 17.2 Å². The van der Waals surface area contributed by atoms with Crippen molar-refractivity contribution in [1.82, 2.24) is 9.78 Å². The number of nitrogens with one attached hydrogen (secondary N) is 1. The molecule has 1 amide bonds. The lowest BCUT2D eigenvalue weighted by atomic mass is 10.1. The molecule has 4 rings (SSSR count). The largest absolute Gasteiger partial charge is 0.497 e. The summed E-state index contributed by atoms with van der Waals surface area (Å²) in [6, 6.07) is 19.7. The van der Waals surface area contributed by atoms with Crippen LogP contribution in [0.1, 0.15) is 15.9 Å². The van der Waals surface area contributed by atoms with Crippen LogP contribution in [0.2, 0.25) is 0 Å². The number of alkyl halides is 3. The quantitative estimate of drug-likeness (QED) is 0.378. The number of ether oxygens (including phenoxy) is 1. The van der Waals surface area contributed by atoms with E-state index >= 15 is 0 Å². The highest BCUT2D eigenvalue weighted by atomic mass is 19.4. The van der Waals surface area contributed by atoms with Gasteiger partial charge in [-0.05, 0) is 42.5 Å². The predicted octanol–water partition coefficient (Wildman–Crippen LogP) is 5.96. The van der Waals surface area contributed by atoms with E-state index in [9.17, 15) is 22.4 Å². The van der Waals surface area contributed by atoms with Gasteiger partial charge in [0.05, 0.1) is 24.1 Å². The summed E-state index contributed by atoms with van der Waals surface area (Å²) in [6.07, 6.45) is -4.92. The number of rotatable bonds is 5. The molecule has 9 heteroatoms. The number of halogens is 4. The molecule has 168 valence electrons. The van der Waals surface area contributed by atoms with Crippen LogP contribution >= 0.6 is 0 Å². The minimum atomic E-state index is -4.92. The van der Waals surface area contributed by atoms with E-state index in [2.05, 4.69) is 10.4 Å². The molecule has 3 aromatic carbocycles. The van der Waals surface area contributed by atoms with Crippen LogP contribution in [0.3, 0.4) is 0 Å². The van der Waals surface area contributed by atoms with E-state index in [-0.39, 0.29) is 11.4 Å². The summed E-state index contributed by atoms with van der Waals surface area (Å²) in [5.74, 6) is -1.45. The van der Waals surface area contributed by atoms with Crippen LogP contribution in [0.25, 0.3) is 16.9 Å². The maximum atomic E-state index is 13.6. The van der Waals surface area contributed by atoms with E-state index in [0.717, 1.165) is 11.6 Å². The third kappa shape index (κ3) is 4.72. The Hall–Kier alpha value is -4.14. The Morgan fingerprint density at radius 3 is 2.30 bits per heavy atom. The fraction of sp³-hybridized carbons (Fsp3) is 0.0833. The first-order chi connectivity index (χ1) is 15.8. The molecule has 1 aromatic heterocycles. The molecule has 0 bridgehead atoms. The van der Waals surface area contributed by atoms with Crippen LogP contribution in [0, 0.1) is 5.82 Å². The molecule has 5 nitrogen and oxygen atoms in total. The second kappa shape index (κ2) is 8.78. The van der Waals surface area contributed by atoms with Crippen molar-refractivity contribution in [2.75, 3.05) is 12.4 Å². The van der Waals surface area contributed by atoms with E-state index in [0.29, 0.717) is 29.3 Å². The number of benzene rings is 3. The summed E-state index contributed by atoms with van der Waals surface area (Å²) in [5, 5.41) is 7.13. The van der Waals surface area contributed by atoms with Gasteiger partial charge in [0.15, 0.2) is 0 Å². The minimum Gasteiger partial charge on any atom is -0.497 e. The fourth-order valence-corrected chi connectivity index (χ4v) is 3.21. The second-order valence-electron chi connectivity index (χ2n) is 7.04. The zero-order valence-corrected chi connectivity index (χ0v) is 17.2. The van der Waals surface area contributed by atoms with Crippen LogP contribution in [0.15, 0.2) is 78.9 Å². The first-order valence-electron chi connectivity index (χ1n) is 9.74. The standard InChI is InChI=1S/C24H17F4N3O2/c1-33-18-10-8-17(9-11-18)31-22(14-21(30-31)15-5-3-2-4-6-15)29-23(32)16-7-12-20(25)19(13-16)24(26,27)28/h2-14H,1H3,(H,29,32). The van der Waals surface area contributed by atoms with Gasteiger partial charge in [-0.15, -0.1) is 0 Å². The van der Waals surface area contributed by atoms with Crippen molar-refractivity contribution >= 4 is 11.7 Å². The monoisotopic (exact) mass is 455 g/mol. The summed E-state index contributed by atoms with van der Waals surface area (Å²) in [7, 11) is 1.53. The van der Waals surface area contributed by atoms with Gasteiger partial charge in [-0.25, -0.2) is 9.07 Å². The maximum Gasteiger partial charge on any atom is 0.419 e. The molecule has 1 heterocycles. The van der Waals surface area contributed by atoms with E-state index in [1.165, 1.54) is 11.8 Å². The summed E-state index contributed by atoms with van der Waals surface area (Å²) in [4.78, 5) is 12.8. The first-order valence-corrected chi connectivity index (χ1v) is 9.74. The summed E-state index contributed by atoms with van der Waals surface area (Å²) >= 11 is 0. The number of carbonyl (C=O) groups is 1. The van der Waals surface area contributed by atoms with E-state index in [1.807, 2.05) is 30.3 Å². The van der Waals surface area contributed by atoms with Crippen LogP contribution in [0.5, 0.6) is 5.75 Å². The Morgan fingerprint density at radius 2 is 1.67 bits per heavy atom. The highest BCUT2D eigenvalue weighted by molar-refractivity contribution is 6.04. The SMILES string of the molecule is COc1ccc(-n2nc(-c3ccccc3)cc2NC(=O)c2ccc(F)c(C(F)(F)F)c2)cc1. The first kappa shape index (κ1) is 22.1. The lowest BCUT2D eigenvalue weighted by Gasteiger charge is -2.12. The van der Waals surface area contributed by atoms with Crippen molar-refractivity contribution in [3.8, 4) is 22.7 Å². The van der Waals surface area contributed by atoms with Crippen LogP contribution < -0.4 is 10.1 Å². The number of anilines is 1. The molecule has 0 spiro atoms. The molecule has 0 saturated carbocycles. The van der Waals surface area contributed by atoms with E-state index in [1.54, 1.807) is 30.3 Å². The lowest BCUT2D eigenvalue weighted by Crippen LogP contribution is -2.17. The van der Waals surface area contributed by atoms with Gasteiger partial charge < -0.3 is 10.1 Å². The third-order valence-electron chi connectivity index (χ3n) is 4.87. The number of hydrogen-bond acceptors (Lipinski definition) is 3. The molecular formula is C24H17F4N3O2. The molecule has 1 N–H and O–H groups in total. The predicted molar refractivity (Wildman–Crippen MR) is 115 cm³/mol. The number of carbonyl (C=O) groups excluding carboxylic acids is 1. The number of amides is 1. The molecule has 33 heavy (non-hydrogen) atoms. The van der Waals surface area contributed by atoms with Crippen LogP contribution in [-0.2, 0) is 6.18 Å². The highest BCUT2D eigenvalue weighted by Crippen LogP contribution is 2.32. The van der Waals surface area contributed by atoms with Crippen molar-refractivity contribution in [2.45, 2.75) is 6.18 Å². The molecule has 0 radical (unpaired) electrons. The van der Waals surface area contributed by atoms with Crippen LogP contribution in [0.4, 0.5) is 23.4 Å². The lowest BCUT2D eigenvalue weighted by molar-refractivity contribution is -0.140. The normalized spacial score (nSPS) is 11.3. The summed E-state index contributed by atoms with van der Waals surface area (Å²) in [6.45, 7) is 0. The molecule has 0 aliphatic heterocycles. The van der Waals surface area contributed by atoms with Gasteiger partial charge in [-0.1, -0.05) is 30.3 Å². The van der Waals surface area contributed by atoms with Gasteiger partial charge in [-0.2, -0.15) is 18.3 Å². The average molecular weight is 455 g/mol. The summed E-state index contributed by atoms with van der Waals surface area (Å²) in [5.41, 5.74) is 0.0535. The smallest absolute Gasteiger partial charge is 0.419 e. The van der Waals surface area contributed by atoms with Gasteiger partial charge in [0.25, 0.3) is 5.91 Å². The number of methoxy groups -OCH3 is 1. The highest BCUT2D eigenvalue weighted by Gasteiger charge is 2.34. The van der Waals surface area contributed by atoms with Crippen molar-refractivity contribution < 1.29 is 27.1 Å². The molecule has 0 aliphatic carbocycles. The fourth-order valence-electron chi connectivity index (χ4n) is 3.21. The van der Waals surface area contributed by atoms with Crippen molar-refractivity contribution in [1.29, 1.82) is 0 Å². The van der Waals surface area contributed by atoms with E-state index < -0.39 is 23.5 Å². The van der Waals surface area contributed by atoms with Gasteiger partial charge in [0.2, 0.25) is 0 Å². The third-order valence-corrected chi connectivity index (χ3v) is 4.87. The molecule has 0 atom stereocenters. The number of aromatic nitrogens is 2. The molecule has 0 saturated heterocycles. The topological polar surface area (TPSA) is 56.1 Å². The van der Waals surface area contributed by atoms with Crippen LogP contribution in [-0.4, -0.2) is 22.8 Å². The van der Waals surface area contributed by atoms with Gasteiger partial charge >= 0.3 is 6.18 Å². The average Bonchev–Trinajstić information content (AvgIpc) is 3.23. The Labute approximate surface area is 186 Å². The molecule has 0 aliphatic rings. The molecule has 0 fully saturated rings. The molecule has 0 unspecified atom stereocenters. The minimum absolute atomic E-state index is 0.224. The second-order valence-corrected chi connectivity index (χ2v) is 7.04. The van der Waals surface area contributed by atoms with Gasteiger partial charge in [-0.3, -0.25) is 4.79 Å². The van der Waals surface area contributed by atoms with Crippen molar-refractivity contribution in [3.05, 3.63) is 95.8 Å². The Kier molecular flexibility index (Phi) is 5.87. The zero-order valence-electron chi connectivity index (χ0n) is 17.2. The Balaban J connectivity index is 1.73. The Morgan fingerprint density at radius 1 is 0.970 bits per heavy atom. The van der Waals surface area contributed by atoms with Gasteiger partial charge in [0.1, 0.15) is 17.4 Å². The van der Waals surface area contributed by atoms with Crippen molar-refractivity contribution in [2.24, 2.45) is 0 Å². The number of hydrogen-bond donors (Lipinski definition) is 1. The summed E-state index contributed by atoms with van der Waals surface area (Å²) < 4.78 is 59.4. The van der Waals surface area contributed by atoms with Crippen molar-refractivity contribution in [3.63, 3.8) is 0 Å². The molecular weight excluding hydrogens is 438 g/mol. The Bertz CT molecular complexity index is 1280. The molecule has 4 aromatic rings.